The first-order valence-corrected chi connectivity index (χ1v) is 21.7. The Balaban J connectivity index is 1.11. The van der Waals surface area contributed by atoms with Gasteiger partial charge in [-0.05, 0) is 115 Å². The number of rotatable bonds is 6. The highest BCUT2D eigenvalue weighted by molar-refractivity contribution is 7.25. The fourth-order valence-corrected chi connectivity index (χ4v) is 11.9. The summed E-state index contributed by atoms with van der Waals surface area (Å²) in [4.78, 5) is 2.49. The van der Waals surface area contributed by atoms with Gasteiger partial charge >= 0.3 is 0 Å². The number of anilines is 3. The van der Waals surface area contributed by atoms with Crippen LogP contribution >= 0.6 is 11.3 Å². The number of fused-ring (bicyclic) bond motifs is 9. The molecule has 0 unspecified atom stereocenters. The van der Waals surface area contributed by atoms with Gasteiger partial charge in [0.05, 0.1) is 5.41 Å². The van der Waals surface area contributed by atoms with Crippen molar-refractivity contribution in [1.29, 1.82) is 0 Å². The van der Waals surface area contributed by atoms with Gasteiger partial charge in [-0.2, -0.15) is 0 Å². The molecule has 2 heteroatoms. The summed E-state index contributed by atoms with van der Waals surface area (Å²) >= 11 is 1.87. The highest BCUT2D eigenvalue weighted by Gasteiger charge is 2.46. The van der Waals surface area contributed by atoms with Gasteiger partial charge < -0.3 is 4.90 Å². The minimum Gasteiger partial charge on any atom is -0.310 e. The van der Waals surface area contributed by atoms with Crippen molar-refractivity contribution in [3.8, 4) is 33.4 Å². The van der Waals surface area contributed by atoms with Crippen LogP contribution in [0, 0.1) is 0 Å². The lowest BCUT2D eigenvalue weighted by atomic mass is 9.67. The number of nitrogens with zero attached hydrogens (tertiary/aromatic N) is 1. The number of hydrogen-bond acceptors (Lipinski definition) is 2. The van der Waals surface area contributed by atoms with E-state index in [-0.39, 0.29) is 5.41 Å². The molecule has 10 aromatic rings. The summed E-state index contributed by atoms with van der Waals surface area (Å²) in [6.07, 6.45) is 0. The van der Waals surface area contributed by atoms with Crippen LogP contribution in [0.3, 0.4) is 0 Å². The summed E-state index contributed by atoms with van der Waals surface area (Å²) in [5.41, 5.74) is 18.4. The van der Waals surface area contributed by atoms with Crippen LogP contribution in [-0.2, 0) is 10.8 Å². The van der Waals surface area contributed by atoms with E-state index >= 15 is 0 Å². The SMILES string of the molecule is CC1(C)c2ccccc2-c2cccc(-c3cccc(N(c4ccc5c(c4)C(c4ccccc4)(c4ccccc4)c4ccccc4-5)c4ccc5sc6ccccc6c5c4)c3)c21. The summed E-state index contributed by atoms with van der Waals surface area (Å²) < 4.78 is 2.61. The highest BCUT2D eigenvalue weighted by Crippen LogP contribution is 2.58. The minimum atomic E-state index is -0.503. The second-order valence-electron chi connectivity index (χ2n) is 16.8. The third-order valence-electron chi connectivity index (χ3n) is 13.3. The van der Waals surface area contributed by atoms with Crippen molar-refractivity contribution in [2.75, 3.05) is 4.90 Å². The first-order chi connectivity index (χ1) is 29.5. The van der Waals surface area contributed by atoms with Gasteiger partial charge in [0.15, 0.2) is 0 Å². The van der Waals surface area contributed by atoms with Crippen LogP contribution in [0.25, 0.3) is 53.6 Å². The van der Waals surface area contributed by atoms with Crippen molar-refractivity contribution in [2.45, 2.75) is 24.7 Å². The summed E-state index contributed by atoms with van der Waals surface area (Å²) in [6.45, 7) is 4.76. The van der Waals surface area contributed by atoms with Gasteiger partial charge in [0.25, 0.3) is 0 Å². The molecule has 9 aromatic carbocycles. The van der Waals surface area contributed by atoms with Gasteiger partial charge in [0.1, 0.15) is 0 Å². The van der Waals surface area contributed by atoms with E-state index in [0.29, 0.717) is 0 Å². The molecule has 2 aliphatic carbocycles. The van der Waals surface area contributed by atoms with Crippen molar-refractivity contribution >= 4 is 48.6 Å². The fraction of sp³-hybridized carbons (Fsp3) is 0.0690. The zero-order valence-corrected chi connectivity index (χ0v) is 34.4. The number of hydrogen-bond donors (Lipinski definition) is 0. The van der Waals surface area contributed by atoms with Gasteiger partial charge in [-0.15, -0.1) is 11.3 Å². The van der Waals surface area contributed by atoms with Gasteiger partial charge in [-0.3, -0.25) is 0 Å². The van der Waals surface area contributed by atoms with E-state index in [0.717, 1.165) is 17.1 Å². The second-order valence-corrected chi connectivity index (χ2v) is 17.9. The molecule has 0 saturated carbocycles. The van der Waals surface area contributed by atoms with Crippen LogP contribution in [-0.4, -0.2) is 0 Å². The molecule has 12 rings (SSSR count). The van der Waals surface area contributed by atoms with E-state index in [9.17, 15) is 0 Å². The van der Waals surface area contributed by atoms with Gasteiger partial charge in [0.2, 0.25) is 0 Å². The van der Waals surface area contributed by atoms with Gasteiger partial charge in [-0.1, -0.05) is 178 Å². The lowest BCUT2D eigenvalue weighted by Gasteiger charge is -2.35. The molecule has 0 radical (unpaired) electrons. The Hall–Kier alpha value is -7.00. The molecule has 0 saturated heterocycles. The standard InChI is InChI=1S/C58H41NS/c1-57(2)51-28-12-9-24-46(51)49-27-16-26-44(56(49)57)38-17-15-22-41(35-38)59(42-32-34-55-50(36-42)48-25-11-14-30-54(48)60-55)43-31-33-47-45-23-10-13-29-52(45)58(53(47)37-43,39-18-5-3-6-19-39)40-20-7-4-8-21-40/h3-37H,1-2H3. The zero-order valence-electron chi connectivity index (χ0n) is 33.6. The molecule has 284 valence electrons. The van der Waals surface area contributed by atoms with E-state index in [4.69, 9.17) is 0 Å². The predicted octanol–water partition coefficient (Wildman–Crippen LogP) is 15.9. The van der Waals surface area contributed by atoms with Crippen molar-refractivity contribution in [1.82, 2.24) is 0 Å². The van der Waals surface area contributed by atoms with Gasteiger partial charge in [0, 0.05) is 42.6 Å². The summed E-state index contributed by atoms with van der Waals surface area (Å²) in [7, 11) is 0. The molecule has 0 atom stereocenters. The third-order valence-corrected chi connectivity index (χ3v) is 14.5. The average molecular weight is 784 g/mol. The molecule has 2 aliphatic rings. The Morgan fingerprint density at radius 2 is 0.917 bits per heavy atom. The lowest BCUT2D eigenvalue weighted by molar-refractivity contribution is 0.662. The molecular weight excluding hydrogens is 743 g/mol. The molecule has 1 aromatic heterocycles. The van der Waals surface area contributed by atoms with E-state index in [1.807, 2.05) is 11.3 Å². The van der Waals surface area contributed by atoms with Crippen LogP contribution in [0.2, 0.25) is 0 Å². The summed E-state index contributed by atoms with van der Waals surface area (Å²) in [5.74, 6) is 0. The molecule has 0 spiro atoms. The molecule has 0 amide bonds. The Bertz CT molecular complexity index is 3260. The first kappa shape index (κ1) is 35.0. The molecule has 1 heterocycles. The molecule has 0 bridgehead atoms. The smallest absolute Gasteiger partial charge is 0.0714 e. The molecule has 0 N–H and O–H groups in total. The topological polar surface area (TPSA) is 3.24 Å². The minimum absolute atomic E-state index is 0.129. The van der Waals surface area contributed by atoms with Crippen molar-refractivity contribution < 1.29 is 0 Å². The molecule has 0 aliphatic heterocycles. The molecule has 1 nitrogen and oxygen atoms in total. The molecular formula is C58H41NS. The fourth-order valence-electron chi connectivity index (χ4n) is 10.8. The largest absolute Gasteiger partial charge is 0.310 e. The van der Waals surface area contributed by atoms with E-state index < -0.39 is 5.41 Å². The first-order valence-electron chi connectivity index (χ1n) is 20.9. The van der Waals surface area contributed by atoms with E-state index in [1.54, 1.807) is 0 Å². The van der Waals surface area contributed by atoms with Crippen molar-refractivity contribution in [3.05, 3.63) is 246 Å². The summed E-state index contributed by atoms with van der Waals surface area (Å²) in [6, 6.07) is 79.3. The Labute approximate surface area is 355 Å². The Morgan fingerprint density at radius 3 is 1.70 bits per heavy atom. The van der Waals surface area contributed by atoms with Crippen LogP contribution in [0.5, 0.6) is 0 Å². The predicted molar refractivity (Wildman–Crippen MR) is 254 cm³/mol. The van der Waals surface area contributed by atoms with Crippen LogP contribution < -0.4 is 4.90 Å². The maximum absolute atomic E-state index is 2.49. The molecule has 0 fully saturated rings. The Kier molecular flexibility index (Phi) is 7.73. The van der Waals surface area contributed by atoms with Crippen LogP contribution in [0.4, 0.5) is 17.1 Å². The third kappa shape index (κ3) is 4.98. The quantitative estimate of drug-likeness (QED) is 0.162. The van der Waals surface area contributed by atoms with Crippen molar-refractivity contribution in [3.63, 3.8) is 0 Å². The average Bonchev–Trinajstić information content (AvgIpc) is 3.91. The number of thiophene rings is 1. The Morgan fingerprint density at radius 1 is 0.367 bits per heavy atom. The lowest BCUT2D eigenvalue weighted by Crippen LogP contribution is -2.28. The maximum Gasteiger partial charge on any atom is 0.0714 e. The monoisotopic (exact) mass is 783 g/mol. The molecule has 60 heavy (non-hydrogen) atoms. The van der Waals surface area contributed by atoms with Crippen LogP contribution in [0.1, 0.15) is 47.2 Å². The zero-order chi connectivity index (χ0) is 40.0. The van der Waals surface area contributed by atoms with E-state index in [2.05, 4.69) is 231 Å². The van der Waals surface area contributed by atoms with E-state index in [1.165, 1.54) is 86.9 Å². The van der Waals surface area contributed by atoms with Crippen molar-refractivity contribution in [2.24, 2.45) is 0 Å². The second kappa shape index (κ2) is 13.3. The summed E-state index contributed by atoms with van der Waals surface area (Å²) in [5, 5.41) is 2.58. The highest BCUT2D eigenvalue weighted by atomic mass is 32.1. The normalized spacial score (nSPS) is 14.1. The van der Waals surface area contributed by atoms with Gasteiger partial charge in [-0.25, -0.2) is 0 Å². The van der Waals surface area contributed by atoms with Crippen LogP contribution in [0.15, 0.2) is 212 Å². The number of benzene rings is 9. The maximum atomic E-state index is 2.49.